The van der Waals surface area contributed by atoms with E-state index in [4.69, 9.17) is 5.11 Å². The highest BCUT2D eigenvalue weighted by molar-refractivity contribution is 5.67. The predicted octanol–water partition coefficient (Wildman–Crippen LogP) is 2.82. The Morgan fingerprint density at radius 1 is 1.47 bits per heavy atom. The van der Waals surface area contributed by atoms with Gasteiger partial charge in [-0.2, -0.15) is 0 Å². The first-order valence-electron chi connectivity index (χ1n) is 6.38. The molecule has 0 aromatic heterocycles. The topological polar surface area (TPSA) is 40.5 Å². The van der Waals surface area contributed by atoms with E-state index in [2.05, 4.69) is 4.90 Å². The van der Waals surface area contributed by atoms with Crippen molar-refractivity contribution in [3.05, 3.63) is 35.4 Å². The minimum atomic E-state index is -0.846. The normalized spacial score (nSPS) is 21.5. The van der Waals surface area contributed by atoms with Crippen LogP contribution in [0.1, 0.15) is 31.4 Å². The molecule has 1 fully saturated rings. The second-order valence-corrected chi connectivity index (χ2v) is 5.10. The molecule has 1 saturated heterocycles. The van der Waals surface area contributed by atoms with Crippen LogP contribution in [0.2, 0.25) is 0 Å². The molecule has 1 aromatic rings. The lowest BCUT2D eigenvalue weighted by atomic mass is 10.0. The van der Waals surface area contributed by atoms with E-state index in [1.807, 2.05) is 6.92 Å². The average molecular weight is 269 g/mol. The van der Waals surface area contributed by atoms with Crippen LogP contribution in [0.4, 0.5) is 8.78 Å². The molecule has 1 aromatic carbocycles. The number of likely N-dealkylation sites (tertiary alicyclic amines) is 1. The van der Waals surface area contributed by atoms with Gasteiger partial charge in [0.2, 0.25) is 0 Å². The predicted molar refractivity (Wildman–Crippen MR) is 66.7 cm³/mol. The number of benzene rings is 1. The molecule has 3 nitrogen and oxygen atoms in total. The van der Waals surface area contributed by atoms with Gasteiger partial charge in [-0.3, -0.25) is 9.69 Å². The maximum absolute atomic E-state index is 13.2. The summed E-state index contributed by atoms with van der Waals surface area (Å²) in [7, 11) is 0. The number of carbonyl (C=O) groups is 1. The molecule has 0 radical (unpaired) electrons. The molecule has 2 atom stereocenters. The van der Waals surface area contributed by atoms with Crippen molar-refractivity contribution in [1.82, 2.24) is 4.90 Å². The molecule has 0 spiro atoms. The molecule has 104 valence electrons. The molecule has 1 aliphatic rings. The highest BCUT2D eigenvalue weighted by Crippen LogP contribution is 2.29. The molecule has 0 amide bonds. The summed E-state index contributed by atoms with van der Waals surface area (Å²) in [5, 5.41) is 8.77. The molecule has 19 heavy (non-hydrogen) atoms. The molecule has 5 heteroatoms. The summed E-state index contributed by atoms with van der Waals surface area (Å²) in [5.41, 5.74) is 0.717. The minimum absolute atomic E-state index is 0.0334. The van der Waals surface area contributed by atoms with E-state index in [1.54, 1.807) is 6.07 Å². The van der Waals surface area contributed by atoms with Crippen LogP contribution in [0, 0.1) is 17.6 Å². The fourth-order valence-electron chi connectivity index (χ4n) is 2.61. The number of carboxylic acids is 1. The monoisotopic (exact) mass is 269 g/mol. The van der Waals surface area contributed by atoms with E-state index in [9.17, 15) is 13.6 Å². The molecule has 1 aliphatic heterocycles. The quantitative estimate of drug-likeness (QED) is 0.913. The van der Waals surface area contributed by atoms with E-state index < -0.39 is 17.6 Å². The Hall–Kier alpha value is -1.49. The molecule has 1 heterocycles. The first-order chi connectivity index (χ1) is 8.97. The van der Waals surface area contributed by atoms with Crippen LogP contribution in [0.15, 0.2) is 18.2 Å². The standard InChI is InChI=1S/C14H17F2NO2/c1-9(11-2-3-12(15)13(16)7-11)17-5-4-10(8-17)6-14(18)19/h2-3,7,9-10H,4-6,8H2,1H3,(H,18,19). The Kier molecular flexibility index (Phi) is 4.14. The maximum atomic E-state index is 13.2. The fourth-order valence-corrected chi connectivity index (χ4v) is 2.61. The Bertz CT molecular complexity index is 479. The van der Waals surface area contributed by atoms with E-state index in [1.165, 1.54) is 6.07 Å². The van der Waals surface area contributed by atoms with Crippen molar-refractivity contribution in [3.63, 3.8) is 0 Å². The summed E-state index contributed by atoms with van der Waals surface area (Å²) < 4.78 is 26.1. The molecular weight excluding hydrogens is 252 g/mol. The van der Waals surface area contributed by atoms with Crippen molar-refractivity contribution in [2.75, 3.05) is 13.1 Å². The molecule has 0 bridgehead atoms. The zero-order valence-corrected chi connectivity index (χ0v) is 10.8. The van der Waals surface area contributed by atoms with Crippen molar-refractivity contribution in [1.29, 1.82) is 0 Å². The van der Waals surface area contributed by atoms with Gasteiger partial charge in [0.1, 0.15) is 0 Å². The lowest BCUT2D eigenvalue weighted by Crippen LogP contribution is -2.25. The average Bonchev–Trinajstić information content (AvgIpc) is 2.79. The summed E-state index contributed by atoms with van der Waals surface area (Å²) in [4.78, 5) is 12.8. The second kappa shape index (κ2) is 5.65. The largest absolute Gasteiger partial charge is 0.481 e. The molecule has 2 unspecified atom stereocenters. The third-order valence-electron chi connectivity index (χ3n) is 3.75. The molecule has 0 saturated carbocycles. The Labute approximate surface area is 110 Å². The summed E-state index contributed by atoms with van der Waals surface area (Å²) in [6, 6.07) is 3.89. The van der Waals surface area contributed by atoms with Crippen LogP contribution in [-0.2, 0) is 4.79 Å². The van der Waals surface area contributed by atoms with Crippen molar-refractivity contribution in [2.24, 2.45) is 5.92 Å². The lowest BCUT2D eigenvalue weighted by molar-refractivity contribution is -0.138. The van der Waals surface area contributed by atoms with Gasteiger partial charge in [0.25, 0.3) is 0 Å². The number of aliphatic carboxylic acids is 1. The van der Waals surface area contributed by atoms with Crippen LogP contribution in [0.25, 0.3) is 0 Å². The van der Waals surface area contributed by atoms with Crippen LogP contribution in [0.5, 0.6) is 0 Å². The number of hydrogen-bond acceptors (Lipinski definition) is 2. The highest BCUT2D eigenvalue weighted by atomic mass is 19.2. The van der Waals surface area contributed by atoms with Crippen LogP contribution < -0.4 is 0 Å². The molecular formula is C14H17F2NO2. The summed E-state index contributed by atoms with van der Waals surface area (Å²) >= 11 is 0. The van der Waals surface area contributed by atoms with E-state index in [0.29, 0.717) is 6.54 Å². The lowest BCUT2D eigenvalue weighted by Gasteiger charge is -2.24. The number of nitrogens with zero attached hydrogens (tertiary/aromatic N) is 1. The van der Waals surface area contributed by atoms with Crippen molar-refractivity contribution in [2.45, 2.75) is 25.8 Å². The Morgan fingerprint density at radius 2 is 2.21 bits per heavy atom. The van der Waals surface area contributed by atoms with E-state index >= 15 is 0 Å². The zero-order chi connectivity index (χ0) is 14.0. The van der Waals surface area contributed by atoms with Gasteiger partial charge >= 0.3 is 5.97 Å². The van der Waals surface area contributed by atoms with Crippen molar-refractivity contribution >= 4 is 5.97 Å². The Balaban J connectivity index is 2.02. The van der Waals surface area contributed by atoms with Gasteiger partial charge < -0.3 is 5.11 Å². The van der Waals surface area contributed by atoms with Gasteiger partial charge in [-0.15, -0.1) is 0 Å². The van der Waals surface area contributed by atoms with Gasteiger partial charge in [0, 0.05) is 19.0 Å². The van der Waals surface area contributed by atoms with E-state index in [0.717, 1.165) is 24.6 Å². The fraction of sp³-hybridized carbons (Fsp3) is 0.500. The van der Waals surface area contributed by atoms with Crippen LogP contribution in [0.3, 0.4) is 0 Å². The van der Waals surface area contributed by atoms with Gasteiger partial charge in [-0.05, 0) is 43.5 Å². The number of carboxylic acid groups (broad SMARTS) is 1. The minimum Gasteiger partial charge on any atom is -0.481 e. The first kappa shape index (κ1) is 13.9. The number of halogens is 2. The van der Waals surface area contributed by atoms with Gasteiger partial charge in [-0.1, -0.05) is 6.07 Å². The maximum Gasteiger partial charge on any atom is 0.303 e. The van der Waals surface area contributed by atoms with Crippen LogP contribution in [-0.4, -0.2) is 29.1 Å². The Morgan fingerprint density at radius 3 is 2.84 bits per heavy atom. The van der Waals surface area contributed by atoms with Crippen molar-refractivity contribution < 1.29 is 18.7 Å². The van der Waals surface area contributed by atoms with Crippen molar-refractivity contribution in [3.8, 4) is 0 Å². The van der Waals surface area contributed by atoms with Gasteiger partial charge in [0.05, 0.1) is 0 Å². The molecule has 0 aliphatic carbocycles. The molecule has 1 N–H and O–H groups in total. The van der Waals surface area contributed by atoms with Gasteiger partial charge in [0.15, 0.2) is 11.6 Å². The summed E-state index contributed by atoms with van der Waals surface area (Å²) in [6.45, 7) is 3.40. The second-order valence-electron chi connectivity index (χ2n) is 5.10. The van der Waals surface area contributed by atoms with E-state index in [-0.39, 0.29) is 18.4 Å². The summed E-state index contributed by atoms with van der Waals surface area (Å²) in [5.74, 6) is -2.33. The first-order valence-corrected chi connectivity index (χ1v) is 6.38. The third-order valence-corrected chi connectivity index (χ3v) is 3.75. The highest BCUT2D eigenvalue weighted by Gasteiger charge is 2.28. The SMILES string of the molecule is CC(c1ccc(F)c(F)c1)N1CCC(CC(=O)O)C1. The van der Waals surface area contributed by atoms with Crippen LogP contribution >= 0.6 is 0 Å². The summed E-state index contributed by atoms with van der Waals surface area (Å²) in [6.07, 6.45) is 1.00. The zero-order valence-electron chi connectivity index (χ0n) is 10.8. The third kappa shape index (κ3) is 3.29. The van der Waals surface area contributed by atoms with Gasteiger partial charge in [-0.25, -0.2) is 8.78 Å². The molecule has 2 rings (SSSR count). The number of hydrogen-bond donors (Lipinski definition) is 1. The smallest absolute Gasteiger partial charge is 0.303 e. The number of rotatable bonds is 4.